The van der Waals surface area contributed by atoms with Crippen molar-refractivity contribution in [1.29, 1.82) is 0 Å². The van der Waals surface area contributed by atoms with Crippen LogP contribution >= 0.6 is 24.2 Å². The summed E-state index contributed by atoms with van der Waals surface area (Å²) in [5.41, 5.74) is 6.12. The number of thioether (sulfide) groups is 1. The summed E-state index contributed by atoms with van der Waals surface area (Å²) in [6.45, 7) is 1.10. The summed E-state index contributed by atoms with van der Waals surface area (Å²) in [4.78, 5) is 13.3. The SMILES string of the molecule is CSc1cccc(NC(=O)C2(N)CCOCC2)c1.Cl. The van der Waals surface area contributed by atoms with Gasteiger partial charge in [-0.05, 0) is 37.3 Å². The molecule has 1 amide bonds. The highest BCUT2D eigenvalue weighted by Gasteiger charge is 2.35. The number of ether oxygens (including phenoxy) is 1. The molecule has 19 heavy (non-hydrogen) atoms. The van der Waals surface area contributed by atoms with E-state index in [1.807, 2.05) is 30.5 Å². The van der Waals surface area contributed by atoms with Crippen LogP contribution in [0.5, 0.6) is 0 Å². The minimum atomic E-state index is -0.798. The van der Waals surface area contributed by atoms with Crippen molar-refractivity contribution >= 4 is 35.8 Å². The fourth-order valence-corrected chi connectivity index (χ4v) is 2.38. The molecule has 3 N–H and O–H groups in total. The first kappa shape index (κ1) is 16.3. The Morgan fingerprint density at radius 1 is 1.42 bits per heavy atom. The zero-order valence-corrected chi connectivity index (χ0v) is 12.5. The summed E-state index contributed by atoms with van der Waals surface area (Å²) >= 11 is 1.64. The quantitative estimate of drug-likeness (QED) is 0.841. The van der Waals surface area contributed by atoms with E-state index in [0.29, 0.717) is 26.1 Å². The number of hydrogen-bond donors (Lipinski definition) is 2. The first-order valence-corrected chi connectivity index (χ1v) is 7.19. The van der Waals surface area contributed by atoms with E-state index in [9.17, 15) is 4.79 Å². The minimum Gasteiger partial charge on any atom is -0.381 e. The molecule has 1 fully saturated rings. The molecule has 0 bridgehead atoms. The Hall–Kier alpha value is -0.750. The lowest BCUT2D eigenvalue weighted by molar-refractivity contribution is -0.124. The normalized spacial score (nSPS) is 17.4. The molecule has 1 aromatic rings. The van der Waals surface area contributed by atoms with Gasteiger partial charge in [0.25, 0.3) is 0 Å². The van der Waals surface area contributed by atoms with E-state index in [1.54, 1.807) is 11.8 Å². The third-order valence-corrected chi connectivity index (χ3v) is 3.89. The molecule has 4 nitrogen and oxygen atoms in total. The number of nitrogens with two attached hydrogens (primary N) is 1. The Morgan fingerprint density at radius 3 is 2.74 bits per heavy atom. The van der Waals surface area contributed by atoms with Crippen LogP contribution in [0.4, 0.5) is 5.69 Å². The van der Waals surface area contributed by atoms with Crippen molar-refractivity contribution in [2.45, 2.75) is 23.3 Å². The third-order valence-electron chi connectivity index (χ3n) is 3.16. The van der Waals surface area contributed by atoms with E-state index in [-0.39, 0.29) is 18.3 Å². The van der Waals surface area contributed by atoms with Gasteiger partial charge in [0.1, 0.15) is 5.54 Å². The van der Waals surface area contributed by atoms with E-state index in [4.69, 9.17) is 10.5 Å². The summed E-state index contributed by atoms with van der Waals surface area (Å²) in [5, 5.41) is 2.89. The fourth-order valence-electron chi connectivity index (χ4n) is 1.92. The van der Waals surface area contributed by atoms with Crippen LogP contribution in [-0.2, 0) is 9.53 Å². The summed E-state index contributed by atoms with van der Waals surface area (Å²) in [5.74, 6) is -0.121. The number of nitrogens with one attached hydrogen (secondary N) is 1. The Morgan fingerprint density at radius 2 is 2.11 bits per heavy atom. The lowest BCUT2D eigenvalue weighted by atomic mass is 9.90. The van der Waals surface area contributed by atoms with E-state index < -0.39 is 5.54 Å². The molecule has 1 aromatic carbocycles. The van der Waals surface area contributed by atoms with Crippen LogP contribution in [0.15, 0.2) is 29.2 Å². The lowest BCUT2D eigenvalue weighted by Gasteiger charge is -2.31. The van der Waals surface area contributed by atoms with Crippen molar-refractivity contribution in [3.05, 3.63) is 24.3 Å². The number of carbonyl (C=O) groups excluding carboxylic acids is 1. The minimum absolute atomic E-state index is 0. The molecular formula is C13H19ClN2O2S. The summed E-state index contributed by atoms with van der Waals surface area (Å²) in [6.07, 6.45) is 3.14. The van der Waals surface area contributed by atoms with Gasteiger partial charge in [0.05, 0.1) is 0 Å². The van der Waals surface area contributed by atoms with Gasteiger partial charge in [0, 0.05) is 23.8 Å². The third kappa shape index (κ3) is 4.11. The van der Waals surface area contributed by atoms with Gasteiger partial charge in [0.2, 0.25) is 5.91 Å². The van der Waals surface area contributed by atoms with Crippen molar-refractivity contribution in [3.63, 3.8) is 0 Å². The monoisotopic (exact) mass is 302 g/mol. The summed E-state index contributed by atoms with van der Waals surface area (Å²) in [7, 11) is 0. The van der Waals surface area contributed by atoms with E-state index >= 15 is 0 Å². The van der Waals surface area contributed by atoms with Crippen LogP contribution in [0.1, 0.15) is 12.8 Å². The van der Waals surface area contributed by atoms with Crippen molar-refractivity contribution in [2.75, 3.05) is 24.8 Å². The molecule has 0 aromatic heterocycles. The molecule has 1 saturated heterocycles. The topological polar surface area (TPSA) is 64.4 Å². The molecule has 0 radical (unpaired) electrons. The number of amides is 1. The average molecular weight is 303 g/mol. The molecule has 0 saturated carbocycles. The molecular weight excluding hydrogens is 284 g/mol. The average Bonchev–Trinajstić information content (AvgIpc) is 2.40. The predicted octanol–water partition coefficient (Wildman–Crippen LogP) is 2.28. The second-order valence-corrected chi connectivity index (χ2v) is 5.33. The predicted molar refractivity (Wildman–Crippen MR) is 81.1 cm³/mol. The number of halogens is 1. The van der Waals surface area contributed by atoms with Gasteiger partial charge in [-0.15, -0.1) is 24.2 Å². The van der Waals surface area contributed by atoms with E-state index in [1.165, 1.54) is 0 Å². The second kappa shape index (κ2) is 7.14. The maximum absolute atomic E-state index is 12.2. The van der Waals surface area contributed by atoms with Gasteiger partial charge in [-0.3, -0.25) is 4.79 Å². The summed E-state index contributed by atoms with van der Waals surface area (Å²) in [6, 6.07) is 7.76. The van der Waals surface area contributed by atoms with Crippen LogP contribution in [0.2, 0.25) is 0 Å². The molecule has 2 rings (SSSR count). The smallest absolute Gasteiger partial charge is 0.244 e. The Labute approximate surface area is 123 Å². The van der Waals surface area contributed by atoms with Gasteiger partial charge in [-0.2, -0.15) is 0 Å². The van der Waals surface area contributed by atoms with Gasteiger partial charge in [0.15, 0.2) is 0 Å². The molecule has 1 aliphatic rings. The first-order chi connectivity index (χ1) is 8.64. The van der Waals surface area contributed by atoms with Gasteiger partial charge >= 0.3 is 0 Å². The van der Waals surface area contributed by atoms with Gasteiger partial charge in [-0.25, -0.2) is 0 Å². The van der Waals surface area contributed by atoms with E-state index in [2.05, 4.69) is 5.32 Å². The number of hydrogen-bond acceptors (Lipinski definition) is 4. The van der Waals surface area contributed by atoms with Crippen LogP contribution in [-0.4, -0.2) is 30.9 Å². The highest BCUT2D eigenvalue weighted by molar-refractivity contribution is 7.98. The maximum Gasteiger partial charge on any atom is 0.244 e. The number of carbonyl (C=O) groups is 1. The van der Waals surface area contributed by atoms with Crippen molar-refractivity contribution in [3.8, 4) is 0 Å². The summed E-state index contributed by atoms with van der Waals surface area (Å²) < 4.78 is 5.24. The lowest BCUT2D eigenvalue weighted by Crippen LogP contribution is -2.54. The molecule has 0 unspecified atom stereocenters. The zero-order valence-electron chi connectivity index (χ0n) is 10.8. The standard InChI is InChI=1S/C13H18N2O2S.ClH/c1-18-11-4-2-3-10(9-11)15-12(16)13(14)5-7-17-8-6-13;/h2-4,9H,5-8,14H2,1H3,(H,15,16);1H. The first-order valence-electron chi connectivity index (χ1n) is 5.96. The maximum atomic E-state index is 12.2. The largest absolute Gasteiger partial charge is 0.381 e. The molecule has 1 heterocycles. The molecule has 0 spiro atoms. The van der Waals surface area contributed by atoms with Gasteiger partial charge in [-0.1, -0.05) is 6.07 Å². The molecule has 0 aliphatic carbocycles. The highest BCUT2D eigenvalue weighted by Crippen LogP contribution is 2.22. The number of rotatable bonds is 3. The zero-order chi connectivity index (χ0) is 13.0. The number of anilines is 1. The Bertz CT molecular complexity index is 436. The Balaban J connectivity index is 0.00000180. The van der Waals surface area contributed by atoms with Crippen LogP contribution in [0, 0.1) is 0 Å². The number of benzene rings is 1. The van der Waals surface area contributed by atoms with E-state index in [0.717, 1.165) is 10.6 Å². The second-order valence-electron chi connectivity index (χ2n) is 4.45. The van der Waals surface area contributed by atoms with Crippen molar-refractivity contribution in [1.82, 2.24) is 0 Å². The van der Waals surface area contributed by atoms with Crippen molar-refractivity contribution < 1.29 is 9.53 Å². The van der Waals surface area contributed by atoms with Crippen LogP contribution in [0.25, 0.3) is 0 Å². The van der Waals surface area contributed by atoms with Crippen LogP contribution in [0.3, 0.4) is 0 Å². The molecule has 106 valence electrons. The highest BCUT2D eigenvalue weighted by atomic mass is 35.5. The molecule has 1 aliphatic heterocycles. The molecule has 0 atom stereocenters. The van der Waals surface area contributed by atoms with Crippen molar-refractivity contribution in [2.24, 2.45) is 5.73 Å². The molecule has 6 heteroatoms. The fraction of sp³-hybridized carbons (Fsp3) is 0.462. The van der Waals surface area contributed by atoms with Crippen LogP contribution < -0.4 is 11.1 Å². The Kier molecular flexibility index (Phi) is 6.13. The van der Waals surface area contributed by atoms with Gasteiger partial charge < -0.3 is 15.8 Å².